The first-order valence-electron chi connectivity index (χ1n) is 10.3. The lowest BCUT2D eigenvalue weighted by molar-refractivity contribution is -0.403. The zero-order chi connectivity index (χ0) is 29.4. The van der Waals surface area contributed by atoms with Gasteiger partial charge in [-0.1, -0.05) is 0 Å². The Balaban J connectivity index is 0.000000231. The number of aromatic amines is 1. The number of nitrogens with one attached hydrogen (secondary N) is 1. The Kier molecular flexibility index (Phi) is 7.77. The molecule has 0 unspecified atom stereocenters. The molecule has 1 heterocycles. The Morgan fingerprint density at radius 2 is 1.28 bits per heavy atom. The Morgan fingerprint density at radius 3 is 1.72 bits per heavy atom. The standard InChI is InChI=1S/C15H9F6NS.C7H5N3O6/c1-23-13-6-12-9(5-10(13)15(19,20)21)8-4-7(14(16,17)18)2-3-11(8)22-12;1-4-6(9(13)14)2-5(8(11)12)3-7(4)10(15)16/h2-6,22H,1H3;2-3H,1H3. The van der Waals surface area contributed by atoms with E-state index in [9.17, 15) is 56.7 Å². The molecule has 0 atom stereocenters. The number of H-pyrrole nitrogens is 1. The number of rotatable bonds is 4. The molecule has 1 aromatic heterocycles. The van der Waals surface area contributed by atoms with Gasteiger partial charge in [-0.05, 0) is 43.5 Å². The lowest BCUT2D eigenvalue weighted by Gasteiger charge is -2.11. The van der Waals surface area contributed by atoms with Crippen LogP contribution in [0.5, 0.6) is 0 Å². The molecular weight excluding hydrogens is 562 g/mol. The molecule has 0 radical (unpaired) electrons. The number of alkyl halides is 6. The predicted octanol–water partition coefficient (Wildman–Crippen LogP) is 7.80. The zero-order valence-electron chi connectivity index (χ0n) is 19.5. The summed E-state index contributed by atoms with van der Waals surface area (Å²) in [5, 5.41) is 31.7. The number of non-ortho nitro benzene ring substituents is 1. The van der Waals surface area contributed by atoms with Crippen LogP contribution in [0.3, 0.4) is 0 Å². The van der Waals surface area contributed by atoms with Gasteiger partial charge in [-0.15, -0.1) is 11.8 Å². The third-order valence-electron chi connectivity index (χ3n) is 5.49. The van der Waals surface area contributed by atoms with Crippen molar-refractivity contribution >= 4 is 50.6 Å². The maximum Gasteiger partial charge on any atom is 0.417 e. The number of hydrogen-bond acceptors (Lipinski definition) is 7. The maximum absolute atomic E-state index is 13.1. The molecule has 0 aliphatic rings. The first-order chi connectivity index (χ1) is 17.9. The predicted molar refractivity (Wildman–Crippen MR) is 129 cm³/mol. The number of nitro benzene ring substituents is 3. The molecule has 0 fully saturated rings. The summed E-state index contributed by atoms with van der Waals surface area (Å²) in [4.78, 5) is 31.7. The van der Waals surface area contributed by atoms with Crippen LogP contribution >= 0.6 is 11.8 Å². The molecule has 0 bridgehead atoms. The second-order valence-electron chi connectivity index (χ2n) is 7.86. The summed E-state index contributed by atoms with van der Waals surface area (Å²) >= 11 is 0.934. The highest BCUT2D eigenvalue weighted by atomic mass is 32.2. The van der Waals surface area contributed by atoms with Crippen LogP contribution in [0.15, 0.2) is 47.4 Å². The molecule has 0 amide bonds. The number of nitro groups is 3. The quantitative estimate of drug-likeness (QED) is 0.113. The van der Waals surface area contributed by atoms with Crippen LogP contribution in [-0.2, 0) is 12.4 Å². The van der Waals surface area contributed by atoms with Crippen LogP contribution < -0.4 is 0 Å². The first kappa shape index (κ1) is 29.2. The van der Waals surface area contributed by atoms with E-state index in [1.807, 2.05) is 0 Å². The van der Waals surface area contributed by atoms with E-state index in [2.05, 4.69) is 4.98 Å². The molecule has 39 heavy (non-hydrogen) atoms. The summed E-state index contributed by atoms with van der Waals surface area (Å²) in [7, 11) is 0. The SMILES string of the molecule is CSc1cc2[nH]c3ccc(C(F)(F)F)cc3c2cc1C(F)(F)F.Cc1c([N+](=O)[O-])cc([N+](=O)[O-])cc1[N+](=O)[O-]. The highest BCUT2D eigenvalue weighted by Gasteiger charge is 2.35. The van der Waals surface area contributed by atoms with Gasteiger partial charge in [0.15, 0.2) is 0 Å². The van der Waals surface area contributed by atoms with Crippen LogP contribution in [-0.4, -0.2) is 26.0 Å². The molecule has 4 rings (SSSR count). The maximum atomic E-state index is 13.1. The van der Waals surface area contributed by atoms with Gasteiger partial charge in [-0.2, -0.15) is 26.3 Å². The molecule has 0 aliphatic heterocycles. The van der Waals surface area contributed by atoms with E-state index >= 15 is 0 Å². The van der Waals surface area contributed by atoms with Crippen LogP contribution in [0.25, 0.3) is 21.8 Å². The minimum absolute atomic E-state index is 0.0209. The Bertz CT molecular complexity index is 1600. The van der Waals surface area contributed by atoms with Gasteiger partial charge in [0.2, 0.25) is 0 Å². The second kappa shape index (κ2) is 10.4. The van der Waals surface area contributed by atoms with Gasteiger partial charge in [-0.25, -0.2) is 0 Å². The zero-order valence-corrected chi connectivity index (χ0v) is 20.3. The van der Waals surface area contributed by atoms with Crippen molar-refractivity contribution in [2.45, 2.75) is 24.2 Å². The van der Waals surface area contributed by atoms with Crippen LogP contribution in [0, 0.1) is 37.3 Å². The summed E-state index contributed by atoms with van der Waals surface area (Å²) in [5.74, 6) is 0. The Morgan fingerprint density at radius 1 is 0.744 bits per heavy atom. The molecular formula is C22H14F6N4O6S. The molecule has 10 nitrogen and oxygen atoms in total. The van der Waals surface area contributed by atoms with Crippen molar-refractivity contribution in [3.8, 4) is 0 Å². The van der Waals surface area contributed by atoms with Gasteiger partial charge in [0.25, 0.3) is 17.1 Å². The van der Waals surface area contributed by atoms with E-state index in [1.165, 1.54) is 25.3 Å². The number of thioether (sulfide) groups is 1. The van der Waals surface area contributed by atoms with Gasteiger partial charge in [0.1, 0.15) is 5.56 Å². The number of hydrogen-bond donors (Lipinski definition) is 1. The third-order valence-corrected chi connectivity index (χ3v) is 6.27. The summed E-state index contributed by atoms with van der Waals surface area (Å²) < 4.78 is 77.9. The number of aromatic nitrogens is 1. The fraction of sp³-hybridized carbons (Fsp3) is 0.182. The Labute approximate surface area is 217 Å². The molecule has 1 N–H and O–H groups in total. The summed E-state index contributed by atoms with van der Waals surface area (Å²) in [5.41, 5.74) is -3.17. The first-order valence-corrected chi connectivity index (χ1v) is 11.5. The monoisotopic (exact) mass is 576 g/mol. The molecule has 3 aromatic carbocycles. The summed E-state index contributed by atoms with van der Waals surface area (Å²) in [6, 6.07) is 6.61. The lowest BCUT2D eigenvalue weighted by atomic mass is 10.1. The fourth-order valence-corrected chi connectivity index (χ4v) is 4.28. The van der Waals surface area contributed by atoms with E-state index in [1.54, 1.807) is 0 Å². The highest BCUT2D eigenvalue weighted by molar-refractivity contribution is 7.98. The second-order valence-corrected chi connectivity index (χ2v) is 8.71. The van der Waals surface area contributed by atoms with Crippen molar-refractivity contribution in [3.63, 3.8) is 0 Å². The van der Waals surface area contributed by atoms with Crippen LogP contribution in [0.2, 0.25) is 0 Å². The summed E-state index contributed by atoms with van der Waals surface area (Å²) in [6.07, 6.45) is -7.61. The van der Waals surface area contributed by atoms with Gasteiger partial charge in [0, 0.05) is 26.7 Å². The van der Waals surface area contributed by atoms with Gasteiger partial charge in [-0.3, -0.25) is 30.3 Å². The highest BCUT2D eigenvalue weighted by Crippen LogP contribution is 2.41. The van der Waals surface area contributed by atoms with E-state index in [0.29, 0.717) is 23.2 Å². The molecule has 17 heteroatoms. The number of halogens is 6. The van der Waals surface area contributed by atoms with E-state index in [-0.39, 0.29) is 21.2 Å². The Hall–Kier alpha value is -4.41. The minimum atomic E-state index is -4.57. The minimum Gasteiger partial charge on any atom is -0.354 e. The normalized spacial score (nSPS) is 11.8. The van der Waals surface area contributed by atoms with Crippen LogP contribution in [0.4, 0.5) is 43.4 Å². The third kappa shape index (κ3) is 6.02. The molecule has 0 spiro atoms. The summed E-state index contributed by atoms with van der Waals surface area (Å²) in [6.45, 7) is 1.17. The van der Waals surface area contributed by atoms with Crippen molar-refractivity contribution < 1.29 is 41.1 Å². The topological polar surface area (TPSA) is 145 Å². The van der Waals surface area contributed by atoms with E-state index in [4.69, 9.17) is 0 Å². The fourth-order valence-electron chi connectivity index (χ4n) is 3.65. The number of benzene rings is 3. The average molecular weight is 576 g/mol. The van der Waals surface area contributed by atoms with E-state index < -0.39 is 55.3 Å². The van der Waals surface area contributed by atoms with Gasteiger partial charge in [0.05, 0.1) is 38.0 Å². The molecule has 4 aromatic rings. The number of nitrogens with zero attached hydrogens (tertiary/aromatic N) is 3. The van der Waals surface area contributed by atoms with Gasteiger partial charge < -0.3 is 4.98 Å². The number of fused-ring (bicyclic) bond motifs is 3. The smallest absolute Gasteiger partial charge is 0.354 e. The lowest BCUT2D eigenvalue weighted by Crippen LogP contribution is -2.06. The van der Waals surface area contributed by atoms with Crippen molar-refractivity contribution in [2.24, 2.45) is 0 Å². The molecule has 0 saturated heterocycles. The van der Waals surface area contributed by atoms with Gasteiger partial charge >= 0.3 is 12.4 Å². The molecule has 0 saturated carbocycles. The van der Waals surface area contributed by atoms with Crippen molar-refractivity contribution in [1.82, 2.24) is 4.98 Å². The largest absolute Gasteiger partial charge is 0.417 e. The van der Waals surface area contributed by atoms with Crippen molar-refractivity contribution in [2.75, 3.05) is 6.26 Å². The molecule has 206 valence electrons. The van der Waals surface area contributed by atoms with Crippen molar-refractivity contribution in [3.05, 3.63) is 89.5 Å². The molecule has 0 aliphatic carbocycles. The van der Waals surface area contributed by atoms with E-state index in [0.717, 1.165) is 30.0 Å². The average Bonchev–Trinajstić information content (AvgIpc) is 3.19. The van der Waals surface area contributed by atoms with Crippen LogP contribution in [0.1, 0.15) is 16.7 Å². The van der Waals surface area contributed by atoms with Crippen molar-refractivity contribution in [1.29, 1.82) is 0 Å².